The minimum Gasteiger partial charge on any atom is -0.392 e. The minimum absolute atomic E-state index is 0.185. The fraction of sp³-hybridized carbons (Fsp3) is 0.875. The second-order valence-electron chi connectivity index (χ2n) is 2.98. The van der Waals surface area contributed by atoms with E-state index in [-0.39, 0.29) is 12.5 Å². The van der Waals surface area contributed by atoms with Crippen LogP contribution in [-0.2, 0) is 4.79 Å². The van der Waals surface area contributed by atoms with Gasteiger partial charge in [0.25, 0.3) is 0 Å². The van der Waals surface area contributed by atoms with Crippen LogP contribution in [0.4, 0.5) is 0 Å². The van der Waals surface area contributed by atoms with Crippen LogP contribution in [0.1, 0.15) is 13.3 Å². The standard InChI is InChI=1S/C8H18N2O2S/c1-6(11)5-10-8(12)7(9)3-4-13-2/h6-7,11H,3-5,9H2,1-2H3,(H,10,12)/t6-,7-/m1/s1. The van der Waals surface area contributed by atoms with Crippen LogP contribution in [0, 0.1) is 0 Å². The van der Waals surface area contributed by atoms with Gasteiger partial charge in [0, 0.05) is 6.54 Å². The molecule has 0 spiro atoms. The Morgan fingerprint density at radius 2 is 2.31 bits per heavy atom. The highest BCUT2D eigenvalue weighted by Gasteiger charge is 2.12. The van der Waals surface area contributed by atoms with Crippen molar-refractivity contribution >= 4 is 17.7 Å². The first-order chi connectivity index (χ1) is 6.07. The van der Waals surface area contributed by atoms with E-state index in [1.807, 2.05) is 6.26 Å². The van der Waals surface area contributed by atoms with Crippen molar-refractivity contribution in [2.75, 3.05) is 18.6 Å². The summed E-state index contributed by atoms with van der Waals surface area (Å²) in [6, 6.07) is -0.453. The highest BCUT2D eigenvalue weighted by Crippen LogP contribution is 1.98. The molecule has 0 saturated heterocycles. The number of aliphatic hydroxyl groups is 1. The van der Waals surface area contributed by atoms with Crippen molar-refractivity contribution in [3.63, 3.8) is 0 Å². The van der Waals surface area contributed by atoms with Gasteiger partial charge in [0.2, 0.25) is 5.91 Å². The van der Waals surface area contributed by atoms with Gasteiger partial charge in [-0.3, -0.25) is 4.79 Å². The SMILES string of the molecule is CSCC[C@@H](N)C(=O)NC[C@@H](C)O. The van der Waals surface area contributed by atoms with E-state index < -0.39 is 12.1 Å². The highest BCUT2D eigenvalue weighted by atomic mass is 32.2. The lowest BCUT2D eigenvalue weighted by atomic mass is 10.2. The molecule has 0 aliphatic heterocycles. The lowest BCUT2D eigenvalue weighted by molar-refractivity contribution is -0.122. The molecule has 0 aromatic rings. The number of aliphatic hydroxyl groups excluding tert-OH is 1. The summed E-state index contributed by atoms with van der Waals surface area (Å²) >= 11 is 1.66. The third-order valence-corrected chi connectivity index (χ3v) is 2.19. The van der Waals surface area contributed by atoms with Crippen molar-refractivity contribution in [3.05, 3.63) is 0 Å². The van der Waals surface area contributed by atoms with Crippen molar-refractivity contribution in [2.24, 2.45) is 5.73 Å². The van der Waals surface area contributed by atoms with Crippen molar-refractivity contribution in [1.29, 1.82) is 0 Å². The molecule has 4 nitrogen and oxygen atoms in total. The molecule has 0 rings (SSSR count). The van der Waals surface area contributed by atoms with Crippen LogP contribution in [0.15, 0.2) is 0 Å². The predicted octanol–water partition coefficient (Wildman–Crippen LogP) is -0.436. The van der Waals surface area contributed by atoms with Gasteiger partial charge >= 0.3 is 0 Å². The van der Waals surface area contributed by atoms with Crippen LogP contribution in [0.2, 0.25) is 0 Å². The molecule has 1 amide bonds. The maximum Gasteiger partial charge on any atom is 0.237 e. The number of carbonyl (C=O) groups is 1. The maximum absolute atomic E-state index is 11.2. The third kappa shape index (κ3) is 6.86. The van der Waals surface area contributed by atoms with E-state index in [1.54, 1.807) is 18.7 Å². The fourth-order valence-corrected chi connectivity index (χ4v) is 1.24. The zero-order chi connectivity index (χ0) is 10.3. The Kier molecular flexibility index (Phi) is 7.03. The summed E-state index contributed by atoms with van der Waals surface area (Å²) < 4.78 is 0. The molecule has 0 bridgehead atoms. The zero-order valence-corrected chi connectivity index (χ0v) is 8.93. The van der Waals surface area contributed by atoms with Crippen molar-refractivity contribution in [2.45, 2.75) is 25.5 Å². The quantitative estimate of drug-likeness (QED) is 0.551. The molecule has 78 valence electrons. The average molecular weight is 206 g/mol. The summed E-state index contributed by atoms with van der Waals surface area (Å²) in [5, 5.41) is 11.5. The van der Waals surface area contributed by atoms with Crippen LogP contribution >= 0.6 is 11.8 Å². The largest absolute Gasteiger partial charge is 0.392 e. The smallest absolute Gasteiger partial charge is 0.237 e. The Morgan fingerprint density at radius 3 is 2.77 bits per heavy atom. The van der Waals surface area contributed by atoms with Crippen LogP contribution in [0.5, 0.6) is 0 Å². The Balaban J connectivity index is 3.57. The van der Waals surface area contributed by atoms with E-state index in [9.17, 15) is 4.79 Å². The molecule has 0 aromatic carbocycles. The molecular weight excluding hydrogens is 188 g/mol. The van der Waals surface area contributed by atoms with E-state index >= 15 is 0 Å². The predicted molar refractivity (Wildman–Crippen MR) is 55.7 cm³/mol. The number of rotatable bonds is 6. The molecule has 0 aliphatic carbocycles. The molecule has 13 heavy (non-hydrogen) atoms. The second-order valence-corrected chi connectivity index (χ2v) is 3.97. The maximum atomic E-state index is 11.2. The minimum atomic E-state index is -0.517. The van der Waals surface area contributed by atoms with Crippen molar-refractivity contribution in [1.82, 2.24) is 5.32 Å². The normalized spacial score (nSPS) is 15.1. The molecule has 0 unspecified atom stereocenters. The first-order valence-corrected chi connectivity index (χ1v) is 5.67. The summed E-state index contributed by atoms with van der Waals surface area (Å²) in [6.45, 7) is 1.89. The number of hydrogen-bond acceptors (Lipinski definition) is 4. The molecular formula is C8H18N2O2S. The molecule has 0 radical (unpaired) electrons. The first-order valence-electron chi connectivity index (χ1n) is 4.28. The van der Waals surface area contributed by atoms with Gasteiger partial charge in [0.1, 0.15) is 0 Å². The topological polar surface area (TPSA) is 75.4 Å². The number of nitrogens with one attached hydrogen (secondary N) is 1. The summed E-state index contributed by atoms with van der Waals surface area (Å²) in [6.07, 6.45) is 2.13. The Morgan fingerprint density at radius 1 is 1.69 bits per heavy atom. The number of amides is 1. The molecule has 5 heteroatoms. The van der Waals surface area contributed by atoms with E-state index in [0.29, 0.717) is 6.42 Å². The van der Waals surface area contributed by atoms with Gasteiger partial charge in [0.05, 0.1) is 12.1 Å². The van der Waals surface area contributed by atoms with Gasteiger partial charge in [-0.1, -0.05) is 0 Å². The molecule has 4 N–H and O–H groups in total. The summed E-state index contributed by atoms with van der Waals surface area (Å²) in [5.74, 6) is 0.693. The van der Waals surface area contributed by atoms with Gasteiger partial charge in [-0.2, -0.15) is 11.8 Å². The zero-order valence-electron chi connectivity index (χ0n) is 8.12. The lowest BCUT2D eigenvalue weighted by Crippen LogP contribution is -2.43. The highest BCUT2D eigenvalue weighted by molar-refractivity contribution is 7.98. The molecule has 0 aromatic heterocycles. The van der Waals surface area contributed by atoms with E-state index in [2.05, 4.69) is 5.32 Å². The van der Waals surface area contributed by atoms with Gasteiger partial charge in [-0.25, -0.2) is 0 Å². The van der Waals surface area contributed by atoms with Gasteiger partial charge in [-0.05, 0) is 25.4 Å². The molecule has 0 aliphatic rings. The number of carbonyl (C=O) groups excluding carboxylic acids is 1. The van der Waals surface area contributed by atoms with Crippen LogP contribution in [0.25, 0.3) is 0 Å². The van der Waals surface area contributed by atoms with E-state index in [1.165, 1.54) is 0 Å². The summed E-state index contributed by atoms with van der Waals surface area (Å²) in [7, 11) is 0. The van der Waals surface area contributed by atoms with Gasteiger partial charge in [-0.15, -0.1) is 0 Å². The first kappa shape index (κ1) is 12.7. The molecule has 0 heterocycles. The van der Waals surface area contributed by atoms with Crippen LogP contribution in [-0.4, -0.2) is 41.7 Å². The van der Waals surface area contributed by atoms with Crippen LogP contribution < -0.4 is 11.1 Å². The van der Waals surface area contributed by atoms with Crippen LogP contribution in [0.3, 0.4) is 0 Å². The number of nitrogens with two attached hydrogens (primary N) is 1. The Bertz CT molecular complexity index is 153. The number of thioether (sulfide) groups is 1. The van der Waals surface area contributed by atoms with Crippen molar-refractivity contribution < 1.29 is 9.90 Å². The molecule has 0 saturated carbocycles. The average Bonchev–Trinajstić information content (AvgIpc) is 2.10. The van der Waals surface area contributed by atoms with Crippen molar-refractivity contribution in [3.8, 4) is 0 Å². The van der Waals surface area contributed by atoms with Gasteiger partial charge < -0.3 is 16.2 Å². The van der Waals surface area contributed by atoms with E-state index in [4.69, 9.17) is 10.8 Å². The van der Waals surface area contributed by atoms with E-state index in [0.717, 1.165) is 5.75 Å². The number of hydrogen-bond donors (Lipinski definition) is 3. The summed E-state index contributed by atoms with van der Waals surface area (Å²) in [5.41, 5.74) is 5.58. The Labute approximate surface area is 83.3 Å². The lowest BCUT2D eigenvalue weighted by Gasteiger charge is -2.12. The third-order valence-electron chi connectivity index (χ3n) is 1.54. The monoisotopic (exact) mass is 206 g/mol. The fourth-order valence-electron chi connectivity index (χ4n) is 0.755. The molecule has 0 fully saturated rings. The Hall–Kier alpha value is -0.260. The molecule has 2 atom stereocenters. The summed E-state index contributed by atoms with van der Waals surface area (Å²) in [4.78, 5) is 11.2. The second kappa shape index (κ2) is 7.17. The van der Waals surface area contributed by atoms with Gasteiger partial charge in [0.15, 0.2) is 0 Å².